The van der Waals surface area contributed by atoms with Gasteiger partial charge in [0.25, 0.3) is 5.91 Å². The SMILES string of the molecule is Cc1ccc(C(=O)N2CCC[C@H](COc3ccc(CN4CCSCC4)cc3)C2)cc1. The molecule has 2 heterocycles. The third kappa shape index (κ3) is 5.79. The first-order chi connectivity index (χ1) is 14.7. The van der Waals surface area contributed by atoms with Crippen molar-refractivity contribution in [1.29, 1.82) is 0 Å². The van der Waals surface area contributed by atoms with Crippen LogP contribution in [0.5, 0.6) is 5.75 Å². The van der Waals surface area contributed by atoms with Crippen molar-refractivity contribution >= 4 is 17.7 Å². The molecule has 30 heavy (non-hydrogen) atoms. The molecule has 0 bridgehead atoms. The zero-order chi connectivity index (χ0) is 20.8. The fraction of sp³-hybridized carbons (Fsp3) is 0.480. The number of carbonyl (C=O) groups excluding carboxylic acids is 1. The number of benzene rings is 2. The van der Waals surface area contributed by atoms with Crippen molar-refractivity contribution in [2.24, 2.45) is 5.92 Å². The Morgan fingerprint density at radius 3 is 2.50 bits per heavy atom. The number of carbonyl (C=O) groups is 1. The van der Waals surface area contributed by atoms with E-state index in [-0.39, 0.29) is 5.91 Å². The number of rotatable bonds is 6. The molecule has 2 fully saturated rings. The van der Waals surface area contributed by atoms with Gasteiger partial charge in [-0.15, -0.1) is 0 Å². The summed E-state index contributed by atoms with van der Waals surface area (Å²) in [7, 11) is 0. The number of aryl methyl sites for hydroxylation is 1. The Morgan fingerprint density at radius 1 is 1.03 bits per heavy atom. The minimum absolute atomic E-state index is 0.139. The van der Waals surface area contributed by atoms with E-state index in [1.54, 1.807) is 0 Å². The molecule has 2 saturated heterocycles. The van der Waals surface area contributed by atoms with Crippen LogP contribution in [0.25, 0.3) is 0 Å². The summed E-state index contributed by atoms with van der Waals surface area (Å²) in [5.41, 5.74) is 3.31. The van der Waals surface area contributed by atoms with Crippen LogP contribution in [0.4, 0.5) is 0 Å². The molecule has 4 nitrogen and oxygen atoms in total. The van der Waals surface area contributed by atoms with Crippen LogP contribution in [0, 0.1) is 12.8 Å². The van der Waals surface area contributed by atoms with Crippen LogP contribution in [0.3, 0.4) is 0 Å². The minimum Gasteiger partial charge on any atom is -0.493 e. The van der Waals surface area contributed by atoms with E-state index in [2.05, 4.69) is 29.2 Å². The number of amides is 1. The van der Waals surface area contributed by atoms with Gasteiger partial charge in [0.1, 0.15) is 5.75 Å². The summed E-state index contributed by atoms with van der Waals surface area (Å²) in [6, 6.07) is 16.4. The van der Waals surface area contributed by atoms with E-state index in [1.165, 1.54) is 35.7 Å². The zero-order valence-corrected chi connectivity index (χ0v) is 18.7. The lowest BCUT2D eigenvalue weighted by atomic mass is 9.98. The third-order valence-electron chi connectivity index (χ3n) is 6.02. The number of hydrogen-bond acceptors (Lipinski definition) is 4. The molecule has 2 aromatic rings. The van der Waals surface area contributed by atoms with Crippen LogP contribution >= 0.6 is 11.8 Å². The van der Waals surface area contributed by atoms with Crippen LogP contribution in [0.1, 0.15) is 34.3 Å². The topological polar surface area (TPSA) is 32.8 Å². The van der Waals surface area contributed by atoms with Gasteiger partial charge in [0.05, 0.1) is 6.61 Å². The summed E-state index contributed by atoms with van der Waals surface area (Å²) in [6.07, 6.45) is 2.15. The Morgan fingerprint density at radius 2 is 1.77 bits per heavy atom. The van der Waals surface area contributed by atoms with Crippen LogP contribution in [0.2, 0.25) is 0 Å². The molecule has 0 saturated carbocycles. The maximum absolute atomic E-state index is 12.8. The predicted molar refractivity (Wildman–Crippen MR) is 124 cm³/mol. The van der Waals surface area contributed by atoms with Crippen LogP contribution in [-0.4, -0.2) is 60.0 Å². The molecule has 2 aromatic carbocycles. The Hall–Kier alpha value is -1.98. The maximum atomic E-state index is 12.8. The summed E-state index contributed by atoms with van der Waals surface area (Å²) >= 11 is 2.05. The molecule has 2 aliphatic heterocycles. The van der Waals surface area contributed by atoms with Crippen molar-refractivity contribution in [1.82, 2.24) is 9.80 Å². The predicted octanol–water partition coefficient (Wildman–Crippen LogP) is 4.48. The van der Waals surface area contributed by atoms with Gasteiger partial charge in [-0.1, -0.05) is 29.8 Å². The fourth-order valence-electron chi connectivity index (χ4n) is 4.19. The normalized spacial score (nSPS) is 20.2. The fourth-order valence-corrected chi connectivity index (χ4v) is 5.17. The van der Waals surface area contributed by atoms with Gasteiger partial charge in [-0.25, -0.2) is 0 Å². The number of likely N-dealkylation sites (tertiary alicyclic amines) is 1. The molecule has 0 aliphatic carbocycles. The summed E-state index contributed by atoms with van der Waals surface area (Å²) in [5.74, 6) is 3.94. The van der Waals surface area contributed by atoms with Crippen LogP contribution in [0.15, 0.2) is 48.5 Å². The van der Waals surface area contributed by atoms with Gasteiger partial charge in [-0.3, -0.25) is 9.69 Å². The molecular formula is C25H32N2O2S. The molecule has 0 N–H and O–H groups in total. The number of nitrogens with zero attached hydrogens (tertiary/aromatic N) is 2. The molecule has 1 atom stereocenters. The lowest BCUT2D eigenvalue weighted by Crippen LogP contribution is -2.41. The van der Waals surface area contributed by atoms with Crippen LogP contribution in [-0.2, 0) is 6.54 Å². The largest absolute Gasteiger partial charge is 0.493 e. The van der Waals surface area contributed by atoms with Gasteiger partial charge in [-0.05, 0) is 49.6 Å². The minimum atomic E-state index is 0.139. The van der Waals surface area contributed by atoms with Gasteiger partial charge >= 0.3 is 0 Å². The number of ether oxygens (including phenoxy) is 1. The van der Waals surface area contributed by atoms with Crippen molar-refractivity contribution in [3.05, 3.63) is 65.2 Å². The monoisotopic (exact) mass is 424 g/mol. The second-order valence-corrected chi connectivity index (χ2v) is 9.69. The summed E-state index contributed by atoms with van der Waals surface area (Å²) in [4.78, 5) is 17.3. The van der Waals surface area contributed by atoms with Gasteiger partial charge < -0.3 is 9.64 Å². The first-order valence-corrected chi connectivity index (χ1v) is 12.2. The molecule has 1 amide bonds. The Kier molecular flexibility index (Phi) is 7.34. The highest BCUT2D eigenvalue weighted by Gasteiger charge is 2.25. The van der Waals surface area contributed by atoms with Crippen molar-refractivity contribution in [3.63, 3.8) is 0 Å². The lowest BCUT2D eigenvalue weighted by Gasteiger charge is -2.32. The lowest BCUT2D eigenvalue weighted by molar-refractivity contribution is 0.0633. The molecule has 2 aliphatic rings. The highest BCUT2D eigenvalue weighted by molar-refractivity contribution is 7.99. The van der Waals surface area contributed by atoms with Gasteiger partial charge in [0.15, 0.2) is 0 Å². The molecule has 160 valence electrons. The smallest absolute Gasteiger partial charge is 0.253 e. The highest BCUT2D eigenvalue weighted by Crippen LogP contribution is 2.22. The van der Waals surface area contributed by atoms with E-state index in [0.29, 0.717) is 12.5 Å². The number of thioether (sulfide) groups is 1. The highest BCUT2D eigenvalue weighted by atomic mass is 32.2. The molecule has 0 aromatic heterocycles. The van der Waals surface area contributed by atoms with E-state index < -0.39 is 0 Å². The van der Waals surface area contributed by atoms with E-state index >= 15 is 0 Å². The number of piperidine rings is 1. The van der Waals surface area contributed by atoms with Crippen molar-refractivity contribution < 1.29 is 9.53 Å². The van der Waals surface area contributed by atoms with E-state index in [1.807, 2.05) is 47.9 Å². The van der Waals surface area contributed by atoms with Crippen molar-refractivity contribution in [2.45, 2.75) is 26.3 Å². The molecule has 4 rings (SSSR count). The molecule has 0 radical (unpaired) electrons. The van der Waals surface area contributed by atoms with E-state index in [9.17, 15) is 4.79 Å². The van der Waals surface area contributed by atoms with Crippen LogP contribution < -0.4 is 4.74 Å². The second kappa shape index (κ2) is 10.4. The quantitative estimate of drug-likeness (QED) is 0.685. The number of hydrogen-bond donors (Lipinski definition) is 0. The average molecular weight is 425 g/mol. The zero-order valence-electron chi connectivity index (χ0n) is 17.9. The van der Waals surface area contributed by atoms with Crippen molar-refractivity contribution in [3.8, 4) is 5.75 Å². The van der Waals surface area contributed by atoms with E-state index in [4.69, 9.17) is 4.74 Å². The Balaban J connectivity index is 1.26. The van der Waals surface area contributed by atoms with Gasteiger partial charge in [0, 0.05) is 55.7 Å². The molecular weight excluding hydrogens is 392 g/mol. The second-order valence-electron chi connectivity index (χ2n) is 8.47. The standard InChI is InChI=1S/C25H32N2O2S/c1-20-4-8-23(9-5-20)25(28)27-12-2-3-22(18-27)19-29-24-10-6-21(7-11-24)17-26-13-15-30-16-14-26/h4-11,22H,2-3,12-19H2,1H3/t22-/m0/s1. The first kappa shape index (κ1) is 21.3. The van der Waals surface area contributed by atoms with E-state index in [0.717, 1.165) is 43.8 Å². The average Bonchev–Trinajstić information content (AvgIpc) is 2.79. The first-order valence-electron chi connectivity index (χ1n) is 11.1. The van der Waals surface area contributed by atoms with Gasteiger partial charge in [-0.2, -0.15) is 11.8 Å². The third-order valence-corrected chi connectivity index (χ3v) is 6.97. The molecule has 0 unspecified atom stereocenters. The molecule has 5 heteroatoms. The summed E-state index contributed by atoms with van der Waals surface area (Å²) in [6.45, 7) is 7.72. The Labute approximate surface area is 184 Å². The summed E-state index contributed by atoms with van der Waals surface area (Å²) < 4.78 is 6.09. The molecule has 0 spiro atoms. The van der Waals surface area contributed by atoms with Gasteiger partial charge in [0.2, 0.25) is 0 Å². The Bertz CT molecular complexity index is 816. The summed E-state index contributed by atoms with van der Waals surface area (Å²) in [5, 5.41) is 0. The maximum Gasteiger partial charge on any atom is 0.253 e. The van der Waals surface area contributed by atoms with Crippen molar-refractivity contribution in [2.75, 3.05) is 44.3 Å².